The van der Waals surface area contributed by atoms with Crippen molar-refractivity contribution in [2.24, 2.45) is 5.10 Å². The van der Waals surface area contributed by atoms with Crippen molar-refractivity contribution in [1.82, 2.24) is 5.43 Å². The van der Waals surface area contributed by atoms with E-state index in [1.54, 1.807) is 61.7 Å². The Kier molecular flexibility index (Phi) is 8.02. The maximum absolute atomic E-state index is 12.4. The zero-order valence-corrected chi connectivity index (χ0v) is 18.5. The average Bonchev–Trinajstić information content (AvgIpc) is 2.84. The number of carbonyl (C=O) groups is 2. The van der Waals surface area contributed by atoms with Crippen LogP contribution in [0.25, 0.3) is 0 Å². The van der Waals surface area contributed by atoms with Crippen LogP contribution in [-0.4, -0.2) is 38.9 Å². The van der Waals surface area contributed by atoms with Crippen molar-refractivity contribution in [3.05, 3.63) is 83.4 Å². The molecule has 8 heteroatoms. The highest BCUT2D eigenvalue weighted by Gasteiger charge is 2.12. The van der Waals surface area contributed by atoms with Crippen molar-refractivity contribution in [2.45, 2.75) is 6.92 Å². The molecule has 0 saturated heterocycles. The van der Waals surface area contributed by atoms with Gasteiger partial charge in [0.05, 0.1) is 26.0 Å². The lowest BCUT2D eigenvalue weighted by Gasteiger charge is -2.10. The lowest BCUT2D eigenvalue weighted by molar-refractivity contribution is -0.123. The molecule has 1 amide bonds. The number of benzene rings is 3. The summed E-state index contributed by atoms with van der Waals surface area (Å²) in [6.07, 6.45) is 1.44. The number of hydrazone groups is 1. The molecule has 3 aromatic rings. The van der Waals surface area contributed by atoms with Gasteiger partial charge in [0.1, 0.15) is 11.5 Å². The summed E-state index contributed by atoms with van der Waals surface area (Å²) in [4.78, 5) is 24.3. The highest BCUT2D eigenvalue weighted by atomic mass is 16.6. The zero-order chi connectivity index (χ0) is 23.6. The summed E-state index contributed by atoms with van der Waals surface area (Å²) < 4.78 is 21.2. The third-order valence-corrected chi connectivity index (χ3v) is 4.51. The Hall–Kier alpha value is -4.33. The zero-order valence-electron chi connectivity index (χ0n) is 18.5. The Labute approximate surface area is 191 Å². The quantitative estimate of drug-likeness (QED) is 0.232. The van der Waals surface area contributed by atoms with Crippen LogP contribution < -0.4 is 24.4 Å². The topological polar surface area (TPSA) is 95.5 Å². The van der Waals surface area contributed by atoms with Gasteiger partial charge in [0.2, 0.25) is 0 Å². The summed E-state index contributed by atoms with van der Waals surface area (Å²) in [6, 6.07) is 18.9. The van der Waals surface area contributed by atoms with E-state index in [1.165, 1.54) is 13.3 Å². The molecule has 0 bridgehead atoms. The Morgan fingerprint density at radius 2 is 1.58 bits per heavy atom. The summed E-state index contributed by atoms with van der Waals surface area (Å²) in [5.74, 6) is 0.959. The van der Waals surface area contributed by atoms with Crippen molar-refractivity contribution >= 4 is 18.1 Å². The molecule has 0 spiro atoms. The summed E-state index contributed by atoms with van der Waals surface area (Å²) in [6.45, 7) is 1.75. The number of nitrogens with one attached hydrogen (secondary N) is 1. The van der Waals surface area contributed by atoms with Gasteiger partial charge in [-0.2, -0.15) is 5.10 Å². The lowest BCUT2D eigenvalue weighted by Crippen LogP contribution is -2.24. The molecular formula is C25H24N2O6. The van der Waals surface area contributed by atoms with Gasteiger partial charge >= 0.3 is 5.97 Å². The van der Waals surface area contributed by atoms with Crippen LogP contribution in [0.2, 0.25) is 0 Å². The van der Waals surface area contributed by atoms with Gasteiger partial charge in [0.25, 0.3) is 5.91 Å². The first-order valence-corrected chi connectivity index (χ1v) is 10.0. The number of ether oxygens (including phenoxy) is 4. The van der Waals surface area contributed by atoms with E-state index < -0.39 is 11.9 Å². The second kappa shape index (κ2) is 11.3. The minimum absolute atomic E-state index is 0.194. The van der Waals surface area contributed by atoms with Crippen LogP contribution in [0.5, 0.6) is 23.0 Å². The minimum atomic E-state index is -0.487. The SMILES string of the molecule is COc1ccc(OCC(=O)N/N=C\c2ccc(OC(=O)c3ccc(C)cc3)c(OC)c2)cc1. The number of rotatable bonds is 9. The number of aryl methyl sites for hydroxylation is 1. The molecule has 0 saturated carbocycles. The molecule has 0 unspecified atom stereocenters. The van der Waals surface area contributed by atoms with Gasteiger partial charge in [-0.05, 0) is 67.1 Å². The van der Waals surface area contributed by atoms with E-state index in [-0.39, 0.29) is 12.4 Å². The van der Waals surface area contributed by atoms with Crippen LogP contribution >= 0.6 is 0 Å². The Bertz CT molecular complexity index is 1120. The standard InChI is InChI=1S/C25H24N2O6/c1-17-4-7-19(8-5-17)25(29)33-22-13-6-18(14-23(22)31-3)15-26-27-24(28)16-32-21-11-9-20(30-2)10-12-21/h4-15H,16H2,1-3H3,(H,27,28)/b26-15-. The summed E-state index contributed by atoms with van der Waals surface area (Å²) in [5, 5.41) is 3.92. The number of nitrogens with zero attached hydrogens (tertiary/aromatic N) is 1. The first-order valence-electron chi connectivity index (χ1n) is 10.0. The maximum Gasteiger partial charge on any atom is 0.343 e. The molecule has 0 fully saturated rings. The fraction of sp³-hybridized carbons (Fsp3) is 0.160. The van der Waals surface area contributed by atoms with Crippen molar-refractivity contribution < 1.29 is 28.5 Å². The van der Waals surface area contributed by atoms with E-state index in [0.29, 0.717) is 28.4 Å². The average molecular weight is 448 g/mol. The molecule has 8 nitrogen and oxygen atoms in total. The van der Waals surface area contributed by atoms with Gasteiger partial charge < -0.3 is 18.9 Å². The van der Waals surface area contributed by atoms with E-state index in [0.717, 1.165) is 5.56 Å². The van der Waals surface area contributed by atoms with Crippen LogP contribution in [0.15, 0.2) is 71.8 Å². The largest absolute Gasteiger partial charge is 0.497 e. The fourth-order valence-electron chi connectivity index (χ4n) is 2.73. The second-order valence-electron chi connectivity index (χ2n) is 6.92. The van der Waals surface area contributed by atoms with Gasteiger partial charge in [0, 0.05) is 0 Å². The molecule has 0 atom stereocenters. The van der Waals surface area contributed by atoms with Crippen molar-refractivity contribution in [1.29, 1.82) is 0 Å². The Morgan fingerprint density at radius 1 is 0.879 bits per heavy atom. The molecule has 0 heterocycles. The number of methoxy groups -OCH3 is 2. The van der Waals surface area contributed by atoms with Crippen molar-refractivity contribution in [3.8, 4) is 23.0 Å². The van der Waals surface area contributed by atoms with Crippen LogP contribution in [0, 0.1) is 6.92 Å². The van der Waals surface area contributed by atoms with Gasteiger partial charge in [-0.15, -0.1) is 0 Å². The Balaban J connectivity index is 1.54. The molecule has 33 heavy (non-hydrogen) atoms. The first kappa shape index (κ1) is 23.3. The molecule has 0 aliphatic carbocycles. The smallest absolute Gasteiger partial charge is 0.343 e. The Morgan fingerprint density at radius 3 is 2.24 bits per heavy atom. The molecule has 0 aliphatic rings. The number of hydrogen-bond donors (Lipinski definition) is 1. The number of carbonyl (C=O) groups excluding carboxylic acids is 2. The van der Waals surface area contributed by atoms with E-state index >= 15 is 0 Å². The predicted octanol–water partition coefficient (Wildman–Crippen LogP) is 3.76. The van der Waals surface area contributed by atoms with Gasteiger partial charge in [-0.25, -0.2) is 10.2 Å². The number of amides is 1. The van der Waals surface area contributed by atoms with Gasteiger partial charge in [0.15, 0.2) is 18.1 Å². The first-order chi connectivity index (χ1) is 16.0. The van der Waals surface area contributed by atoms with Crippen LogP contribution in [0.1, 0.15) is 21.5 Å². The van der Waals surface area contributed by atoms with Crippen LogP contribution in [0.4, 0.5) is 0 Å². The van der Waals surface area contributed by atoms with Crippen molar-refractivity contribution in [3.63, 3.8) is 0 Å². The lowest BCUT2D eigenvalue weighted by atomic mass is 10.1. The molecule has 1 N–H and O–H groups in total. The van der Waals surface area contributed by atoms with Gasteiger partial charge in [-0.1, -0.05) is 17.7 Å². The summed E-state index contributed by atoms with van der Waals surface area (Å²) in [5.41, 5.74) is 4.51. The van der Waals surface area contributed by atoms with E-state index in [9.17, 15) is 9.59 Å². The summed E-state index contributed by atoms with van der Waals surface area (Å²) in [7, 11) is 3.04. The van der Waals surface area contributed by atoms with E-state index in [1.807, 2.05) is 19.1 Å². The molecule has 0 radical (unpaired) electrons. The minimum Gasteiger partial charge on any atom is -0.497 e. The van der Waals surface area contributed by atoms with Crippen LogP contribution in [-0.2, 0) is 4.79 Å². The van der Waals surface area contributed by atoms with E-state index in [4.69, 9.17) is 18.9 Å². The van der Waals surface area contributed by atoms with Crippen molar-refractivity contribution in [2.75, 3.05) is 20.8 Å². The number of esters is 1. The second-order valence-corrected chi connectivity index (χ2v) is 6.92. The molecule has 3 rings (SSSR count). The number of hydrogen-bond acceptors (Lipinski definition) is 7. The predicted molar refractivity (Wildman–Crippen MR) is 123 cm³/mol. The molecule has 0 aromatic heterocycles. The maximum atomic E-state index is 12.4. The molecule has 3 aromatic carbocycles. The third kappa shape index (κ3) is 6.83. The molecular weight excluding hydrogens is 424 g/mol. The fourth-order valence-corrected chi connectivity index (χ4v) is 2.73. The highest BCUT2D eigenvalue weighted by Crippen LogP contribution is 2.28. The normalized spacial score (nSPS) is 10.5. The molecule has 0 aliphatic heterocycles. The molecule has 170 valence electrons. The highest BCUT2D eigenvalue weighted by molar-refractivity contribution is 5.91. The summed E-state index contributed by atoms with van der Waals surface area (Å²) >= 11 is 0. The van der Waals surface area contributed by atoms with E-state index in [2.05, 4.69) is 10.5 Å². The van der Waals surface area contributed by atoms with Gasteiger partial charge in [-0.3, -0.25) is 4.79 Å². The monoisotopic (exact) mass is 448 g/mol. The third-order valence-electron chi connectivity index (χ3n) is 4.51. The van der Waals surface area contributed by atoms with Crippen LogP contribution in [0.3, 0.4) is 0 Å².